The van der Waals surface area contributed by atoms with E-state index in [-0.39, 0.29) is 5.69 Å². The fourth-order valence-corrected chi connectivity index (χ4v) is 3.11. The van der Waals surface area contributed by atoms with E-state index in [9.17, 15) is 14.4 Å². The third kappa shape index (κ3) is 3.64. The minimum Gasteiger partial charge on any atom is -0.340 e. The van der Waals surface area contributed by atoms with Gasteiger partial charge in [-0.05, 0) is 36.6 Å². The molecule has 28 heavy (non-hydrogen) atoms. The zero-order chi connectivity index (χ0) is 20.4. The van der Waals surface area contributed by atoms with Gasteiger partial charge in [-0.15, -0.1) is 0 Å². The summed E-state index contributed by atoms with van der Waals surface area (Å²) in [5.41, 5.74) is 2.73. The first kappa shape index (κ1) is 19.3. The second-order valence-corrected chi connectivity index (χ2v) is 6.82. The molecule has 0 radical (unpaired) electrons. The van der Waals surface area contributed by atoms with E-state index < -0.39 is 23.2 Å². The number of nitrogens with zero attached hydrogens (tertiary/aromatic N) is 3. The minimum absolute atomic E-state index is 0.00676. The van der Waals surface area contributed by atoms with E-state index >= 15 is 0 Å². The molecule has 0 saturated heterocycles. The molecule has 2 heterocycles. The van der Waals surface area contributed by atoms with E-state index in [4.69, 9.17) is 0 Å². The number of carbonyl (C=O) groups excluding carboxylic acids is 1. The summed E-state index contributed by atoms with van der Waals surface area (Å²) < 4.78 is 2.13. The van der Waals surface area contributed by atoms with E-state index in [2.05, 4.69) is 10.3 Å². The number of pyridine rings is 1. The van der Waals surface area contributed by atoms with Gasteiger partial charge in [0, 0.05) is 32.6 Å². The van der Waals surface area contributed by atoms with Crippen molar-refractivity contribution in [1.29, 1.82) is 0 Å². The molecule has 0 saturated carbocycles. The zero-order valence-corrected chi connectivity index (χ0v) is 16.3. The number of nitrogens with one attached hydrogen (secondary N) is 1. The smallest absolute Gasteiger partial charge is 0.331 e. The maximum absolute atomic E-state index is 13.0. The van der Waals surface area contributed by atoms with E-state index in [1.165, 1.54) is 24.7 Å². The average Bonchev–Trinajstić information content (AvgIpc) is 2.69. The van der Waals surface area contributed by atoms with Gasteiger partial charge in [-0.3, -0.25) is 23.7 Å². The van der Waals surface area contributed by atoms with Gasteiger partial charge in [-0.2, -0.15) is 0 Å². The fraction of sp³-hybridized carbons (Fsp3) is 0.238. The van der Waals surface area contributed by atoms with E-state index in [1.807, 2.05) is 38.1 Å². The molecule has 0 aliphatic heterocycles. The first-order chi connectivity index (χ1) is 13.3. The molecule has 3 aromatic rings. The number of hydrogen-bond acceptors (Lipinski definition) is 4. The fourth-order valence-electron chi connectivity index (χ4n) is 3.11. The lowest BCUT2D eigenvalue weighted by Crippen LogP contribution is -2.42. The van der Waals surface area contributed by atoms with Gasteiger partial charge in [0.15, 0.2) is 0 Å². The number of benzene rings is 1. The molecular weight excluding hydrogens is 356 g/mol. The minimum atomic E-state index is -0.553. The van der Waals surface area contributed by atoms with Gasteiger partial charge >= 0.3 is 5.69 Å². The Morgan fingerprint density at radius 2 is 1.82 bits per heavy atom. The summed E-state index contributed by atoms with van der Waals surface area (Å²) in [6.07, 6.45) is 3.35. The largest absolute Gasteiger partial charge is 0.340 e. The molecule has 1 atom stereocenters. The molecule has 0 bridgehead atoms. The molecule has 0 unspecified atom stereocenters. The molecular formula is C21H22N4O3. The Hall–Kier alpha value is -3.48. The molecule has 1 N–H and O–H groups in total. The molecule has 0 fully saturated rings. The molecule has 1 amide bonds. The topological polar surface area (TPSA) is 86.0 Å². The van der Waals surface area contributed by atoms with Gasteiger partial charge in [0.1, 0.15) is 5.69 Å². The molecule has 1 aromatic carbocycles. The van der Waals surface area contributed by atoms with Crippen LogP contribution >= 0.6 is 0 Å². The van der Waals surface area contributed by atoms with Crippen molar-refractivity contribution < 1.29 is 4.79 Å². The molecule has 144 valence electrons. The second kappa shape index (κ2) is 7.64. The van der Waals surface area contributed by atoms with Crippen LogP contribution in [0.5, 0.6) is 0 Å². The number of rotatable bonds is 4. The van der Waals surface area contributed by atoms with Crippen molar-refractivity contribution in [2.24, 2.45) is 14.1 Å². The van der Waals surface area contributed by atoms with Crippen molar-refractivity contribution in [1.82, 2.24) is 19.4 Å². The Labute approximate surface area is 162 Å². The van der Waals surface area contributed by atoms with E-state index in [0.29, 0.717) is 0 Å². The normalized spacial score (nSPS) is 11.9. The first-order valence-electron chi connectivity index (χ1n) is 8.84. The number of aryl methyl sites for hydroxylation is 2. The molecule has 2 aromatic heterocycles. The summed E-state index contributed by atoms with van der Waals surface area (Å²) in [4.78, 5) is 41.3. The first-order valence-corrected chi connectivity index (χ1v) is 8.84. The van der Waals surface area contributed by atoms with Crippen molar-refractivity contribution in [2.75, 3.05) is 0 Å². The van der Waals surface area contributed by atoms with Gasteiger partial charge in [-0.1, -0.05) is 29.8 Å². The van der Waals surface area contributed by atoms with Crippen molar-refractivity contribution in [3.63, 3.8) is 0 Å². The summed E-state index contributed by atoms with van der Waals surface area (Å²) in [6.45, 7) is 3.95. The number of hydrogen-bond donors (Lipinski definition) is 1. The van der Waals surface area contributed by atoms with Crippen molar-refractivity contribution >= 4 is 5.91 Å². The lowest BCUT2D eigenvalue weighted by Gasteiger charge is -2.22. The maximum atomic E-state index is 13.0. The standard InChI is InChI=1S/C21H22N4O3/c1-13-7-8-14(2)16(10-13)19(15-6-5-9-22-12-15)23-20(27)17-11-18(26)25(4)21(28)24(17)3/h5-12,19H,1-4H3,(H,23,27)/t19-/m1/s1. The zero-order valence-electron chi connectivity index (χ0n) is 16.3. The van der Waals surface area contributed by atoms with Crippen LogP contribution in [0.3, 0.4) is 0 Å². The Kier molecular flexibility index (Phi) is 5.26. The lowest BCUT2D eigenvalue weighted by molar-refractivity contribution is 0.0932. The summed E-state index contributed by atoms with van der Waals surface area (Å²) in [5, 5.41) is 2.96. The van der Waals surface area contributed by atoms with E-state index in [0.717, 1.165) is 26.8 Å². The molecule has 0 aliphatic carbocycles. The summed E-state index contributed by atoms with van der Waals surface area (Å²) in [7, 11) is 2.84. The molecule has 0 aliphatic rings. The summed E-state index contributed by atoms with van der Waals surface area (Å²) in [6, 6.07) is 10.4. The van der Waals surface area contributed by atoms with Crippen LogP contribution in [0, 0.1) is 13.8 Å². The van der Waals surface area contributed by atoms with Crippen LogP contribution in [-0.2, 0) is 14.1 Å². The number of amides is 1. The third-order valence-corrected chi connectivity index (χ3v) is 4.80. The predicted octanol–water partition coefficient (Wildman–Crippen LogP) is 1.62. The SMILES string of the molecule is Cc1ccc(C)c([C@H](NC(=O)c2cc(=O)n(C)c(=O)n2C)c2cccnc2)c1. The van der Waals surface area contributed by atoms with Gasteiger partial charge < -0.3 is 5.32 Å². The predicted molar refractivity (Wildman–Crippen MR) is 106 cm³/mol. The number of carbonyl (C=O) groups is 1. The summed E-state index contributed by atoms with van der Waals surface area (Å²) in [5.74, 6) is -0.507. The summed E-state index contributed by atoms with van der Waals surface area (Å²) >= 11 is 0. The molecule has 3 rings (SSSR count). The van der Waals surface area contributed by atoms with Crippen molar-refractivity contribution in [3.8, 4) is 0 Å². The van der Waals surface area contributed by atoms with Crippen LogP contribution < -0.4 is 16.6 Å². The van der Waals surface area contributed by atoms with Gasteiger partial charge in [0.2, 0.25) is 0 Å². The molecule has 0 spiro atoms. The highest BCUT2D eigenvalue weighted by molar-refractivity contribution is 5.93. The average molecular weight is 378 g/mol. The van der Waals surface area contributed by atoms with Crippen LogP contribution in [0.25, 0.3) is 0 Å². The van der Waals surface area contributed by atoms with Crippen LogP contribution in [0.2, 0.25) is 0 Å². The lowest BCUT2D eigenvalue weighted by atomic mass is 9.94. The van der Waals surface area contributed by atoms with Crippen LogP contribution in [0.15, 0.2) is 58.4 Å². The van der Waals surface area contributed by atoms with Gasteiger partial charge in [-0.25, -0.2) is 4.79 Å². The molecule has 7 heteroatoms. The second-order valence-electron chi connectivity index (χ2n) is 6.82. The Bertz CT molecular complexity index is 1150. The van der Waals surface area contributed by atoms with Crippen molar-refractivity contribution in [3.05, 3.63) is 97.6 Å². The van der Waals surface area contributed by atoms with E-state index in [1.54, 1.807) is 18.5 Å². The Morgan fingerprint density at radius 3 is 2.50 bits per heavy atom. The third-order valence-electron chi connectivity index (χ3n) is 4.80. The van der Waals surface area contributed by atoms with Crippen LogP contribution in [-0.4, -0.2) is 20.0 Å². The van der Waals surface area contributed by atoms with Gasteiger partial charge in [0.05, 0.1) is 6.04 Å². The maximum Gasteiger partial charge on any atom is 0.331 e. The highest BCUT2D eigenvalue weighted by atomic mass is 16.2. The molecule has 7 nitrogen and oxygen atoms in total. The van der Waals surface area contributed by atoms with Gasteiger partial charge in [0.25, 0.3) is 11.5 Å². The highest BCUT2D eigenvalue weighted by Crippen LogP contribution is 2.25. The Morgan fingerprint density at radius 1 is 1.07 bits per heavy atom. The Balaban J connectivity index is 2.09. The highest BCUT2D eigenvalue weighted by Gasteiger charge is 2.22. The quantitative estimate of drug-likeness (QED) is 0.747. The van der Waals surface area contributed by atoms with Crippen LogP contribution in [0.4, 0.5) is 0 Å². The van der Waals surface area contributed by atoms with Crippen molar-refractivity contribution in [2.45, 2.75) is 19.9 Å². The van der Waals surface area contributed by atoms with Crippen LogP contribution in [0.1, 0.15) is 38.8 Å². The number of aromatic nitrogens is 3. The monoisotopic (exact) mass is 378 g/mol.